The average molecular weight is 470 g/mol. The van der Waals surface area contributed by atoms with Crippen LogP contribution in [0.3, 0.4) is 0 Å². The van der Waals surface area contributed by atoms with Crippen molar-refractivity contribution in [1.82, 2.24) is 14.8 Å². The van der Waals surface area contributed by atoms with Gasteiger partial charge in [0.25, 0.3) is 5.91 Å². The number of carbonyl (C=O) groups excluding carboxylic acids is 2. The first-order valence-electron chi connectivity index (χ1n) is 11.3. The fourth-order valence-electron chi connectivity index (χ4n) is 5.19. The Hall–Kier alpha value is -2.31. The number of amides is 2. The molecule has 5 rings (SSSR count). The highest BCUT2D eigenvalue weighted by atomic mass is 35.5. The van der Waals surface area contributed by atoms with Gasteiger partial charge in [-0.05, 0) is 60.9 Å². The second-order valence-corrected chi connectivity index (χ2v) is 10.8. The third kappa shape index (κ3) is 3.63. The highest BCUT2D eigenvalue weighted by Gasteiger charge is 2.48. The monoisotopic (exact) mass is 469 g/mol. The second kappa shape index (κ2) is 8.23. The maximum Gasteiger partial charge on any atom is 0.271 e. The number of carbonyl (C=O) groups is 2. The van der Waals surface area contributed by atoms with Gasteiger partial charge in [-0.1, -0.05) is 43.5 Å². The van der Waals surface area contributed by atoms with Crippen molar-refractivity contribution in [1.29, 1.82) is 0 Å². The van der Waals surface area contributed by atoms with Gasteiger partial charge in [-0.3, -0.25) is 9.59 Å². The van der Waals surface area contributed by atoms with Gasteiger partial charge in [0.2, 0.25) is 5.91 Å². The van der Waals surface area contributed by atoms with Gasteiger partial charge in [-0.15, -0.1) is 11.3 Å². The summed E-state index contributed by atoms with van der Waals surface area (Å²) in [6.07, 6.45) is 4.47. The first-order valence-corrected chi connectivity index (χ1v) is 12.6. The van der Waals surface area contributed by atoms with Crippen molar-refractivity contribution in [2.75, 3.05) is 0 Å². The Balaban J connectivity index is 1.53. The van der Waals surface area contributed by atoms with Crippen LogP contribution in [0.15, 0.2) is 41.8 Å². The Kier molecular flexibility index (Phi) is 5.54. The van der Waals surface area contributed by atoms with Gasteiger partial charge in [0.05, 0.1) is 16.8 Å². The van der Waals surface area contributed by atoms with Gasteiger partial charge >= 0.3 is 0 Å². The molecular weight excluding hydrogens is 442 g/mol. The molecule has 168 valence electrons. The fourth-order valence-corrected chi connectivity index (χ4v) is 6.23. The number of halogens is 1. The first kappa shape index (κ1) is 21.5. The summed E-state index contributed by atoms with van der Waals surface area (Å²) in [5.41, 5.74) is 1.58. The van der Waals surface area contributed by atoms with E-state index in [1.165, 1.54) is 6.42 Å². The molecule has 1 fully saturated rings. The van der Waals surface area contributed by atoms with Crippen molar-refractivity contribution in [2.45, 2.75) is 64.2 Å². The van der Waals surface area contributed by atoms with Gasteiger partial charge in [0.15, 0.2) is 0 Å². The zero-order chi connectivity index (χ0) is 22.5. The molecule has 3 aromatic rings. The van der Waals surface area contributed by atoms with E-state index >= 15 is 0 Å². The van der Waals surface area contributed by atoms with E-state index in [0.29, 0.717) is 29.7 Å². The molecule has 0 bridgehead atoms. The minimum Gasteiger partial charge on any atom is -0.351 e. The van der Waals surface area contributed by atoms with Crippen LogP contribution in [0.4, 0.5) is 0 Å². The molecule has 2 aliphatic rings. The summed E-state index contributed by atoms with van der Waals surface area (Å²) < 4.78 is 3.09. The minimum absolute atomic E-state index is 0.0747. The molecule has 1 saturated carbocycles. The summed E-state index contributed by atoms with van der Waals surface area (Å²) in [7, 11) is 0. The molecule has 3 heterocycles. The highest BCUT2D eigenvalue weighted by molar-refractivity contribution is 7.17. The fraction of sp³-hybridized carbons (Fsp3) is 0.440. The van der Waals surface area contributed by atoms with Crippen LogP contribution in [0.5, 0.6) is 0 Å². The molecule has 0 radical (unpaired) electrons. The molecule has 0 saturated heterocycles. The number of aromatic nitrogens is 1. The smallest absolute Gasteiger partial charge is 0.271 e. The lowest BCUT2D eigenvalue weighted by molar-refractivity contribution is -0.134. The van der Waals surface area contributed by atoms with Gasteiger partial charge in [-0.2, -0.15) is 0 Å². The van der Waals surface area contributed by atoms with E-state index in [-0.39, 0.29) is 17.9 Å². The topological polar surface area (TPSA) is 54.3 Å². The Morgan fingerprint density at radius 1 is 1.25 bits per heavy atom. The van der Waals surface area contributed by atoms with Crippen LogP contribution in [-0.2, 0) is 17.9 Å². The maximum absolute atomic E-state index is 13.8. The molecule has 1 aliphatic carbocycles. The number of fused-ring (bicyclic) bond motifs is 3. The molecule has 0 spiro atoms. The van der Waals surface area contributed by atoms with Crippen LogP contribution in [0.25, 0.3) is 10.2 Å². The number of hydrogen-bond donors (Lipinski definition) is 1. The highest BCUT2D eigenvalue weighted by Crippen LogP contribution is 2.36. The van der Waals surface area contributed by atoms with Gasteiger partial charge in [0, 0.05) is 17.6 Å². The predicted octanol–water partition coefficient (Wildman–Crippen LogP) is 5.47. The van der Waals surface area contributed by atoms with Crippen LogP contribution < -0.4 is 5.32 Å². The lowest BCUT2D eigenvalue weighted by Gasteiger charge is -2.45. The Morgan fingerprint density at radius 3 is 2.84 bits per heavy atom. The van der Waals surface area contributed by atoms with Crippen molar-refractivity contribution in [3.05, 3.63) is 58.1 Å². The Morgan fingerprint density at radius 2 is 2.06 bits per heavy atom. The molecule has 1 aliphatic heterocycles. The standard InChI is InChI=1S/C25H28ClN3O2S/c1-16-6-3-4-9-19(16)27-24(31)25(2)15-28-20-10-11-32-22(20)13-21(28)23(30)29(25)14-17-7-5-8-18(26)12-17/h5,7-8,10-13,16,19H,3-4,6,9,14-15H2,1-2H3,(H,27,31)/t16-,19-,25-/m1/s1. The van der Waals surface area contributed by atoms with Gasteiger partial charge < -0.3 is 14.8 Å². The Labute approximate surface area is 197 Å². The van der Waals surface area contributed by atoms with Crippen LogP contribution in [0.1, 0.15) is 55.6 Å². The maximum atomic E-state index is 13.8. The minimum atomic E-state index is -1.00. The Bertz CT molecular complexity index is 1190. The van der Waals surface area contributed by atoms with E-state index in [1.54, 1.807) is 16.2 Å². The molecule has 7 heteroatoms. The van der Waals surface area contributed by atoms with Crippen molar-refractivity contribution in [3.8, 4) is 0 Å². The van der Waals surface area contributed by atoms with Gasteiger partial charge in [-0.25, -0.2) is 0 Å². The van der Waals surface area contributed by atoms with Crippen molar-refractivity contribution in [3.63, 3.8) is 0 Å². The molecule has 1 aromatic carbocycles. The lowest BCUT2D eigenvalue weighted by atomic mass is 9.85. The number of benzene rings is 1. The second-order valence-electron chi connectivity index (χ2n) is 9.42. The summed E-state index contributed by atoms with van der Waals surface area (Å²) in [4.78, 5) is 29.3. The number of rotatable bonds is 4. The number of nitrogens with zero attached hydrogens (tertiary/aromatic N) is 2. The summed E-state index contributed by atoms with van der Waals surface area (Å²) >= 11 is 7.83. The molecule has 2 aromatic heterocycles. The average Bonchev–Trinajstić information content (AvgIpc) is 3.35. The van der Waals surface area contributed by atoms with E-state index in [9.17, 15) is 9.59 Å². The summed E-state index contributed by atoms with van der Waals surface area (Å²) in [5.74, 6) is 0.256. The summed E-state index contributed by atoms with van der Waals surface area (Å²) in [5, 5.41) is 5.97. The van der Waals surface area contributed by atoms with E-state index in [1.807, 2.05) is 53.3 Å². The van der Waals surface area contributed by atoms with Crippen molar-refractivity contribution in [2.24, 2.45) is 5.92 Å². The van der Waals surface area contributed by atoms with Crippen molar-refractivity contribution < 1.29 is 9.59 Å². The van der Waals surface area contributed by atoms with Crippen LogP contribution >= 0.6 is 22.9 Å². The molecule has 0 unspecified atom stereocenters. The predicted molar refractivity (Wildman–Crippen MR) is 129 cm³/mol. The largest absolute Gasteiger partial charge is 0.351 e. The third-order valence-corrected chi connectivity index (χ3v) is 8.28. The normalized spacial score (nSPS) is 25.7. The summed E-state index contributed by atoms with van der Waals surface area (Å²) in [6.45, 7) is 4.88. The molecule has 3 atom stereocenters. The molecular formula is C25H28ClN3O2S. The zero-order valence-corrected chi connectivity index (χ0v) is 20.0. The van der Waals surface area contributed by atoms with E-state index in [2.05, 4.69) is 12.2 Å². The number of thiophene rings is 1. The quantitative estimate of drug-likeness (QED) is 0.551. The number of hydrogen-bond acceptors (Lipinski definition) is 3. The van der Waals surface area contributed by atoms with Crippen LogP contribution in [0.2, 0.25) is 5.02 Å². The first-order chi connectivity index (χ1) is 15.4. The van der Waals surface area contributed by atoms with Gasteiger partial charge in [0.1, 0.15) is 11.2 Å². The zero-order valence-electron chi connectivity index (χ0n) is 18.4. The van der Waals surface area contributed by atoms with Crippen LogP contribution in [-0.4, -0.2) is 32.9 Å². The molecule has 1 N–H and O–H groups in total. The van der Waals surface area contributed by atoms with Crippen molar-refractivity contribution >= 4 is 45.0 Å². The van der Waals surface area contributed by atoms with E-state index in [4.69, 9.17) is 11.6 Å². The third-order valence-electron chi connectivity index (χ3n) is 7.20. The summed E-state index contributed by atoms with van der Waals surface area (Å²) in [6, 6.07) is 11.7. The SMILES string of the molecule is C[C@@H]1CCCC[C@H]1NC(=O)[C@@]1(C)Cn2c(cc3sccc32)C(=O)N1Cc1cccc(Cl)c1. The van der Waals surface area contributed by atoms with Crippen LogP contribution in [0, 0.1) is 5.92 Å². The molecule has 5 nitrogen and oxygen atoms in total. The van der Waals surface area contributed by atoms with E-state index < -0.39 is 5.54 Å². The molecule has 2 amide bonds. The van der Waals surface area contributed by atoms with E-state index in [0.717, 1.165) is 35.0 Å². The lowest BCUT2D eigenvalue weighted by Crippen LogP contribution is -2.65. The number of nitrogens with one attached hydrogen (secondary N) is 1. The molecule has 32 heavy (non-hydrogen) atoms.